The van der Waals surface area contributed by atoms with E-state index < -0.39 is 6.10 Å². The highest BCUT2D eigenvalue weighted by molar-refractivity contribution is 5.70. The van der Waals surface area contributed by atoms with E-state index in [-0.39, 0.29) is 25.2 Å². The molecule has 0 saturated heterocycles. The summed E-state index contributed by atoms with van der Waals surface area (Å²) in [5.74, 6) is -0.589. The van der Waals surface area contributed by atoms with Crippen LogP contribution in [0.3, 0.4) is 0 Å². The maximum Gasteiger partial charge on any atom is 0.306 e. The molecule has 0 heterocycles. The predicted molar refractivity (Wildman–Crippen MR) is 311 cm³/mol. The van der Waals surface area contributed by atoms with Crippen LogP contribution in [0.4, 0.5) is 0 Å². The van der Waals surface area contributed by atoms with Gasteiger partial charge in [-0.3, -0.25) is 9.59 Å². The van der Waals surface area contributed by atoms with Crippen molar-refractivity contribution in [3.8, 4) is 0 Å². The number of rotatable bonds is 60. The van der Waals surface area contributed by atoms with Crippen LogP contribution >= 0.6 is 0 Å². The molecule has 0 aliphatic rings. The lowest BCUT2D eigenvalue weighted by atomic mass is 10.0. The molecular formula is C66H124O5. The zero-order valence-corrected chi connectivity index (χ0v) is 48.0. The van der Waals surface area contributed by atoms with E-state index in [1.807, 2.05) is 0 Å². The van der Waals surface area contributed by atoms with Gasteiger partial charge in [-0.1, -0.05) is 326 Å². The van der Waals surface area contributed by atoms with E-state index in [4.69, 9.17) is 9.47 Å². The maximum absolute atomic E-state index is 12.3. The zero-order chi connectivity index (χ0) is 51.3. The first kappa shape index (κ1) is 69.1. The Morgan fingerprint density at radius 2 is 0.563 bits per heavy atom. The van der Waals surface area contributed by atoms with Crippen molar-refractivity contribution >= 4 is 11.9 Å². The van der Waals surface area contributed by atoms with Gasteiger partial charge in [0.2, 0.25) is 0 Å². The minimum Gasteiger partial charge on any atom is -0.462 e. The summed E-state index contributed by atoms with van der Waals surface area (Å²) in [7, 11) is 0. The zero-order valence-electron chi connectivity index (χ0n) is 48.0. The van der Waals surface area contributed by atoms with E-state index in [2.05, 4.69) is 50.3 Å². The SMILES string of the molecule is CCCCC/C=C\C/C=C\C/C=C\CCCCCCCCC(=O)OC(CO)COC(=O)CCCCCCCCCCCCCCCCCCCCCCCCCCCCCCCCCCCCCCCC. The molecule has 0 aromatic carbocycles. The van der Waals surface area contributed by atoms with E-state index in [9.17, 15) is 14.7 Å². The molecule has 0 amide bonds. The Kier molecular flexibility index (Phi) is 60.8. The molecule has 5 nitrogen and oxygen atoms in total. The number of unbranched alkanes of at least 4 members (excludes halogenated alkanes) is 46. The molecule has 0 aromatic rings. The fraction of sp³-hybridized carbons (Fsp3) is 0.879. The van der Waals surface area contributed by atoms with Crippen LogP contribution in [0.25, 0.3) is 0 Å². The molecule has 418 valence electrons. The summed E-state index contributed by atoms with van der Waals surface area (Å²) in [5.41, 5.74) is 0. The van der Waals surface area contributed by atoms with E-state index in [0.717, 1.165) is 57.8 Å². The number of hydrogen-bond acceptors (Lipinski definition) is 5. The fourth-order valence-corrected chi connectivity index (χ4v) is 9.86. The van der Waals surface area contributed by atoms with Crippen molar-refractivity contribution < 1.29 is 24.2 Å². The van der Waals surface area contributed by atoms with Gasteiger partial charge in [-0.2, -0.15) is 0 Å². The van der Waals surface area contributed by atoms with Crippen molar-refractivity contribution in [2.24, 2.45) is 0 Å². The second kappa shape index (κ2) is 62.4. The van der Waals surface area contributed by atoms with E-state index in [0.29, 0.717) is 12.8 Å². The van der Waals surface area contributed by atoms with Crippen LogP contribution in [-0.2, 0) is 19.1 Å². The van der Waals surface area contributed by atoms with Crippen LogP contribution in [-0.4, -0.2) is 36.4 Å². The van der Waals surface area contributed by atoms with E-state index >= 15 is 0 Å². The van der Waals surface area contributed by atoms with Gasteiger partial charge in [-0.05, 0) is 51.4 Å². The number of aliphatic hydroxyl groups is 1. The number of ether oxygens (including phenoxy) is 2. The van der Waals surface area contributed by atoms with Gasteiger partial charge in [0.05, 0.1) is 6.61 Å². The predicted octanol–water partition coefficient (Wildman–Crippen LogP) is 21.8. The number of aliphatic hydroxyl groups excluding tert-OH is 1. The van der Waals surface area contributed by atoms with Gasteiger partial charge >= 0.3 is 11.9 Å². The molecule has 0 fully saturated rings. The molecule has 0 bridgehead atoms. The summed E-state index contributed by atoms with van der Waals surface area (Å²) in [6, 6.07) is 0. The lowest BCUT2D eigenvalue weighted by Gasteiger charge is -2.15. The Hall–Kier alpha value is -1.88. The number of carbonyl (C=O) groups is 2. The lowest BCUT2D eigenvalue weighted by Crippen LogP contribution is -2.28. The average Bonchev–Trinajstić information content (AvgIpc) is 3.37. The molecule has 0 aliphatic heterocycles. The standard InChI is InChI=1S/C66H124O5/c1-3-5-7-9-11-13-15-17-19-21-23-24-25-26-27-28-29-30-31-32-33-34-35-36-37-38-39-40-41-43-44-46-48-50-52-54-56-58-60-65(68)70-63-64(62-67)71-66(69)61-59-57-55-53-51-49-47-45-42-22-20-18-16-14-12-10-8-6-4-2/h12,14,18,20,42,45,64,67H,3-11,13,15-17,19,21-41,43-44,46-63H2,1-2H3/b14-12-,20-18-,45-42-. The summed E-state index contributed by atoms with van der Waals surface area (Å²) in [6.07, 6.45) is 81.7. The van der Waals surface area contributed by atoms with Gasteiger partial charge < -0.3 is 14.6 Å². The lowest BCUT2D eigenvalue weighted by molar-refractivity contribution is -0.161. The molecule has 0 rings (SSSR count). The molecule has 0 saturated carbocycles. The maximum atomic E-state index is 12.3. The van der Waals surface area contributed by atoms with Gasteiger partial charge in [-0.15, -0.1) is 0 Å². The topological polar surface area (TPSA) is 72.8 Å². The molecule has 1 N–H and O–H groups in total. The van der Waals surface area contributed by atoms with Crippen LogP contribution in [0.1, 0.15) is 354 Å². The molecule has 0 aliphatic carbocycles. The third kappa shape index (κ3) is 60.6. The highest BCUT2D eigenvalue weighted by Crippen LogP contribution is 2.18. The molecule has 0 spiro atoms. The summed E-state index contributed by atoms with van der Waals surface area (Å²) < 4.78 is 10.7. The second-order valence-corrected chi connectivity index (χ2v) is 21.9. The first-order valence-corrected chi connectivity index (χ1v) is 32.0. The summed E-state index contributed by atoms with van der Waals surface area (Å²) in [4.78, 5) is 24.5. The van der Waals surface area contributed by atoms with Crippen molar-refractivity contribution in [3.63, 3.8) is 0 Å². The molecule has 1 unspecified atom stereocenters. The summed E-state index contributed by atoms with van der Waals surface area (Å²) >= 11 is 0. The average molecular weight is 998 g/mol. The highest BCUT2D eigenvalue weighted by Gasteiger charge is 2.16. The largest absolute Gasteiger partial charge is 0.462 e. The van der Waals surface area contributed by atoms with Crippen LogP contribution in [0, 0.1) is 0 Å². The minimum absolute atomic E-state index is 0.0674. The van der Waals surface area contributed by atoms with Gasteiger partial charge in [0, 0.05) is 12.8 Å². The quantitative estimate of drug-likeness (QED) is 0.0373. The normalized spacial score (nSPS) is 12.3. The van der Waals surface area contributed by atoms with Crippen LogP contribution < -0.4 is 0 Å². The monoisotopic (exact) mass is 997 g/mol. The van der Waals surface area contributed by atoms with Gasteiger partial charge in [0.25, 0.3) is 0 Å². The van der Waals surface area contributed by atoms with Crippen LogP contribution in [0.15, 0.2) is 36.5 Å². The first-order valence-electron chi connectivity index (χ1n) is 32.0. The number of hydrogen-bond donors (Lipinski definition) is 1. The Morgan fingerprint density at radius 1 is 0.324 bits per heavy atom. The number of carbonyl (C=O) groups excluding carboxylic acids is 2. The molecule has 5 heteroatoms. The molecule has 71 heavy (non-hydrogen) atoms. The van der Waals surface area contributed by atoms with Crippen molar-refractivity contribution in [1.29, 1.82) is 0 Å². The molecule has 1 atom stereocenters. The van der Waals surface area contributed by atoms with Gasteiger partial charge in [-0.25, -0.2) is 0 Å². The summed E-state index contributed by atoms with van der Waals surface area (Å²) in [6.45, 7) is 4.15. The van der Waals surface area contributed by atoms with Crippen LogP contribution in [0.5, 0.6) is 0 Å². The molecular weight excluding hydrogens is 873 g/mol. The minimum atomic E-state index is -0.778. The number of esters is 2. The second-order valence-electron chi connectivity index (χ2n) is 21.9. The van der Waals surface area contributed by atoms with Crippen molar-refractivity contribution in [2.75, 3.05) is 13.2 Å². The van der Waals surface area contributed by atoms with Gasteiger partial charge in [0.1, 0.15) is 6.61 Å². The molecule has 0 aromatic heterocycles. The fourth-order valence-electron chi connectivity index (χ4n) is 9.86. The first-order chi connectivity index (χ1) is 35.1. The van der Waals surface area contributed by atoms with E-state index in [1.165, 1.54) is 270 Å². The Morgan fingerprint density at radius 3 is 0.873 bits per heavy atom. The Bertz CT molecular complexity index is 1130. The molecule has 0 radical (unpaired) electrons. The third-order valence-electron chi connectivity index (χ3n) is 14.7. The van der Waals surface area contributed by atoms with Gasteiger partial charge in [0.15, 0.2) is 6.10 Å². The highest BCUT2D eigenvalue weighted by atomic mass is 16.6. The summed E-state index contributed by atoms with van der Waals surface area (Å²) in [5, 5.41) is 9.66. The Labute approximate surface area is 444 Å². The van der Waals surface area contributed by atoms with Crippen molar-refractivity contribution in [3.05, 3.63) is 36.5 Å². The van der Waals surface area contributed by atoms with Crippen molar-refractivity contribution in [2.45, 2.75) is 360 Å². The van der Waals surface area contributed by atoms with Crippen molar-refractivity contribution in [1.82, 2.24) is 0 Å². The van der Waals surface area contributed by atoms with E-state index in [1.54, 1.807) is 0 Å². The smallest absolute Gasteiger partial charge is 0.306 e. The Balaban J connectivity index is 3.37. The van der Waals surface area contributed by atoms with Crippen LogP contribution in [0.2, 0.25) is 0 Å². The number of allylic oxidation sites excluding steroid dienone is 6. The third-order valence-corrected chi connectivity index (χ3v) is 14.7.